The van der Waals surface area contributed by atoms with Crippen molar-refractivity contribution in [2.75, 3.05) is 11.9 Å². The standard InChI is InChI=1S/C18H17NO4.C18H24O2/c1-19(15-8-3-2-4-9-15)12-13-6-5-7-14(10-13)16(20)11-17(21)18(22)23;1-18-9-8-14-13-5-3-12(19)10-11(13)2-4-15(14)16(18)6-7-17(18)20/h2-10H,11-12H2,1H3,(H,22,23);3,5,10,14-17,19-20H,2,4,6-9H2,1H3/t;14-,15-,16+,17+,18+/m.1/s1. The lowest BCUT2D eigenvalue weighted by Crippen LogP contribution is -2.43. The van der Waals surface area contributed by atoms with Crippen LogP contribution in [0.15, 0.2) is 72.8 Å². The van der Waals surface area contributed by atoms with E-state index in [1.54, 1.807) is 18.2 Å². The van der Waals surface area contributed by atoms with E-state index in [0.717, 1.165) is 36.4 Å². The van der Waals surface area contributed by atoms with Crippen LogP contribution in [0.3, 0.4) is 0 Å². The van der Waals surface area contributed by atoms with E-state index >= 15 is 0 Å². The Morgan fingerprint density at radius 2 is 1.70 bits per heavy atom. The van der Waals surface area contributed by atoms with Crippen LogP contribution < -0.4 is 4.90 Å². The van der Waals surface area contributed by atoms with Crippen molar-refractivity contribution in [3.8, 4) is 5.75 Å². The van der Waals surface area contributed by atoms with Crippen molar-refractivity contribution < 1.29 is 29.7 Å². The molecular formula is C36H41NO6. The SMILES string of the molecule is CN(Cc1cccc(C(=O)CC(=O)C(=O)O)c1)c1ccccc1.C[C@]12CC[C@@H]3c4ccc(O)cc4CC[C@H]3[C@@H]1CC[C@@H]2O. The number of phenolic OH excluding ortho intramolecular Hbond substituents is 1. The predicted molar refractivity (Wildman–Crippen MR) is 165 cm³/mol. The van der Waals surface area contributed by atoms with Crippen LogP contribution in [-0.2, 0) is 22.6 Å². The molecule has 2 saturated carbocycles. The third kappa shape index (κ3) is 6.52. The van der Waals surface area contributed by atoms with E-state index in [1.807, 2.05) is 60.5 Å². The number of rotatable bonds is 7. The molecule has 5 atom stereocenters. The highest BCUT2D eigenvalue weighted by molar-refractivity contribution is 6.37. The van der Waals surface area contributed by atoms with E-state index in [0.29, 0.717) is 29.7 Å². The lowest BCUT2D eigenvalue weighted by atomic mass is 9.55. The Bertz CT molecular complexity index is 1490. The average molecular weight is 584 g/mol. The number of aliphatic carboxylic acids is 1. The Kier molecular flexibility index (Phi) is 9.02. The van der Waals surface area contributed by atoms with Crippen molar-refractivity contribution in [3.05, 3.63) is 95.1 Å². The van der Waals surface area contributed by atoms with Gasteiger partial charge in [-0.2, -0.15) is 0 Å². The first-order chi connectivity index (χ1) is 20.6. The fourth-order valence-electron chi connectivity index (χ4n) is 7.76. The molecule has 0 unspecified atom stereocenters. The summed E-state index contributed by atoms with van der Waals surface area (Å²) in [6.07, 6.45) is 6.16. The maximum absolute atomic E-state index is 12.0. The fourth-order valence-corrected chi connectivity index (χ4v) is 7.76. The molecule has 43 heavy (non-hydrogen) atoms. The predicted octanol–water partition coefficient (Wildman–Crippen LogP) is 6.16. The molecule has 0 saturated heterocycles. The van der Waals surface area contributed by atoms with E-state index in [1.165, 1.54) is 30.4 Å². The first-order valence-corrected chi connectivity index (χ1v) is 15.2. The topological polar surface area (TPSA) is 115 Å². The summed E-state index contributed by atoms with van der Waals surface area (Å²) in [7, 11) is 1.94. The molecular weight excluding hydrogens is 542 g/mol. The van der Waals surface area contributed by atoms with Crippen molar-refractivity contribution >= 4 is 23.2 Å². The number of anilines is 1. The van der Waals surface area contributed by atoms with Gasteiger partial charge >= 0.3 is 5.97 Å². The number of phenols is 1. The number of para-hydroxylation sites is 1. The van der Waals surface area contributed by atoms with E-state index in [-0.39, 0.29) is 11.5 Å². The molecule has 0 aliphatic heterocycles. The third-order valence-corrected chi connectivity index (χ3v) is 10.1. The van der Waals surface area contributed by atoms with E-state index in [9.17, 15) is 24.6 Å². The molecule has 3 aromatic rings. The van der Waals surface area contributed by atoms with Crippen LogP contribution >= 0.6 is 0 Å². The summed E-state index contributed by atoms with van der Waals surface area (Å²) in [5, 5.41) is 28.6. The fraction of sp³-hybridized carbons (Fsp3) is 0.417. The average Bonchev–Trinajstić information content (AvgIpc) is 3.31. The minimum absolute atomic E-state index is 0.0883. The van der Waals surface area contributed by atoms with Crippen LogP contribution in [0, 0.1) is 17.3 Å². The summed E-state index contributed by atoms with van der Waals surface area (Å²) >= 11 is 0. The molecule has 0 radical (unpaired) electrons. The second-order valence-electron chi connectivity index (χ2n) is 12.7. The van der Waals surface area contributed by atoms with Gasteiger partial charge in [-0.1, -0.05) is 49.4 Å². The highest BCUT2D eigenvalue weighted by Crippen LogP contribution is 2.60. The minimum atomic E-state index is -1.58. The second-order valence-corrected chi connectivity index (χ2v) is 12.7. The van der Waals surface area contributed by atoms with Gasteiger partial charge in [0, 0.05) is 24.8 Å². The van der Waals surface area contributed by atoms with Gasteiger partial charge in [0.15, 0.2) is 5.78 Å². The van der Waals surface area contributed by atoms with Gasteiger partial charge in [0.1, 0.15) is 5.75 Å². The number of Topliss-reactive ketones (excluding diaryl/α,β-unsaturated/α-hetero) is 2. The molecule has 3 aromatic carbocycles. The zero-order valence-electron chi connectivity index (χ0n) is 24.9. The number of hydrogen-bond donors (Lipinski definition) is 3. The molecule has 226 valence electrons. The number of aliphatic hydroxyl groups excluding tert-OH is 1. The second kappa shape index (κ2) is 12.7. The largest absolute Gasteiger partial charge is 0.508 e. The Labute approximate surface area is 253 Å². The quantitative estimate of drug-likeness (QED) is 0.173. The molecule has 0 aromatic heterocycles. The molecule has 0 heterocycles. The van der Waals surface area contributed by atoms with Crippen LogP contribution in [0.25, 0.3) is 0 Å². The van der Waals surface area contributed by atoms with Crippen molar-refractivity contribution in [2.45, 2.75) is 70.4 Å². The van der Waals surface area contributed by atoms with Crippen molar-refractivity contribution in [1.82, 2.24) is 0 Å². The molecule has 7 nitrogen and oxygen atoms in total. The van der Waals surface area contributed by atoms with Crippen LogP contribution in [-0.4, -0.2) is 46.0 Å². The molecule has 3 aliphatic carbocycles. The monoisotopic (exact) mass is 583 g/mol. The van der Waals surface area contributed by atoms with Gasteiger partial charge in [0.25, 0.3) is 0 Å². The molecule has 0 bridgehead atoms. The van der Waals surface area contributed by atoms with Crippen LogP contribution in [0.5, 0.6) is 5.75 Å². The first-order valence-electron chi connectivity index (χ1n) is 15.2. The van der Waals surface area contributed by atoms with Crippen LogP contribution in [0.4, 0.5) is 5.69 Å². The number of benzene rings is 3. The summed E-state index contributed by atoms with van der Waals surface area (Å²) in [6.45, 7) is 2.91. The number of carbonyl (C=O) groups excluding carboxylic acids is 2. The Morgan fingerprint density at radius 1 is 0.930 bits per heavy atom. The Hall–Kier alpha value is -3.97. The van der Waals surface area contributed by atoms with E-state index < -0.39 is 24.0 Å². The molecule has 6 rings (SSSR count). The normalized spacial score (nSPS) is 25.3. The number of hydrogen-bond acceptors (Lipinski definition) is 6. The molecule has 3 N–H and O–H groups in total. The van der Waals surface area contributed by atoms with Gasteiger partial charge in [-0.3, -0.25) is 9.59 Å². The number of carbonyl (C=O) groups is 3. The number of fused-ring (bicyclic) bond motifs is 5. The highest BCUT2D eigenvalue weighted by atomic mass is 16.4. The number of aromatic hydroxyl groups is 1. The zero-order valence-corrected chi connectivity index (χ0v) is 24.9. The van der Waals surface area contributed by atoms with Crippen molar-refractivity contribution in [2.24, 2.45) is 17.3 Å². The van der Waals surface area contributed by atoms with Crippen molar-refractivity contribution in [1.29, 1.82) is 0 Å². The van der Waals surface area contributed by atoms with Gasteiger partial charge in [0.05, 0.1) is 12.5 Å². The maximum atomic E-state index is 12.0. The zero-order chi connectivity index (χ0) is 30.7. The summed E-state index contributed by atoms with van der Waals surface area (Å²) in [5.74, 6) is -0.676. The third-order valence-electron chi connectivity index (χ3n) is 10.1. The number of ketones is 2. The molecule has 0 amide bonds. The van der Waals surface area contributed by atoms with Gasteiger partial charge in [-0.05, 0) is 109 Å². The maximum Gasteiger partial charge on any atom is 0.372 e. The summed E-state index contributed by atoms with van der Waals surface area (Å²) < 4.78 is 0. The van der Waals surface area contributed by atoms with Crippen molar-refractivity contribution in [3.63, 3.8) is 0 Å². The van der Waals surface area contributed by atoms with Crippen LogP contribution in [0.2, 0.25) is 0 Å². The lowest BCUT2D eigenvalue weighted by Gasteiger charge is -2.50. The summed E-state index contributed by atoms with van der Waals surface area (Å²) in [6, 6.07) is 22.7. The van der Waals surface area contributed by atoms with E-state index in [2.05, 4.69) is 13.0 Å². The molecule has 7 heteroatoms. The van der Waals surface area contributed by atoms with Gasteiger partial charge in [-0.15, -0.1) is 0 Å². The summed E-state index contributed by atoms with van der Waals surface area (Å²) in [4.78, 5) is 35.7. The Morgan fingerprint density at radius 3 is 2.44 bits per heavy atom. The smallest absolute Gasteiger partial charge is 0.372 e. The number of aryl methyl sites for hydroxylation is 1. The van der Waals surface area contributed by atoms with Crippen LogP contribution in [0.1, 0.15) is 78.4 Å². The summed E-state index contributed by atoms with van der Waals surface area (Å²) in [5.41, 5.74) is 5.29. The highest BCUT2D eigenvalue weighted by Gasteiger charge is 2.54. The molecule has 0 spiro atoms. The molecule has 3 aliphatic rings. The van der Waals surface area contributed by atoms with E-state index in [4.69, 9.17) is 5.11 Å². The number of nitrogens with zero attached hydrogens (tertiary/aromatic N) is 1. The molecule has 2 fully saturated rings. The number of carboxylic acid groups (broad SMARTS) is 1. The van der Waals surface area contributed by atoms with Gasteiger partial charge in [0.2, 0.25) is 5.78 Å². The minimum Gasteiger partial charge on any atom is -0.508 e. The number of aliphatic hydroxyl groups is 1. The number of carboxylic acids is 1. The lowest BCUT2D eigenvalue weighted by molar-refractivity contribution is -0.148. The van der Waals surface area contributed by atoms with Gasteiger partial charge < -0.3 is 20.2 Å². The Balaban J connectivity index is 0.000000172. The first kappa shape index (κ1) is 30.5. The van der Waals surface area contributed by atoms with Gasteiger partial charge in [-0.25, -0.2) is 4.79 Å².